The van der Waals surface area contributed by atoms with Gasteiger partial charge in [0.2, 0.25) is 5.91 Å². The number of anilines is 1. The van der Waals surface area contributed by atoms with Gasteiger partial charge in [-0.3, -0.25) is 4.79 Å². The van der Waals surface area contributed by atoms with Crippen LogP contribution in [0.1, 0.15) is 34.4 Å². The van der Waals surface area contributed by atoms with E-state index in [1.807, 2.05) is 12.1 Å². The number of fused-ring (bicyclic) bond motifs is 1. The molecule has 5 nitrogen and oxygen atoms in total. The van der Waals surface area contributed by atoms with Crippen molar-refractivity contribution in [2.45, 2.75) is 32.1 Å². The summed E-state index contributed by atoms with van der Waals surface area (Å²) in [5.41, 5.74) is 11.6. The lowest BCUT2D eigenvalue weighted by Crippen LogP contribution is -2.37. The van der Waals surface area contributed by atoms with Crippen molar-refractivity contribution in [1.29, 1.82) is 0 Å². The molecule has 4 rings (SSSR count). The molecule has 0 radical (unpaired) electrons. The molecule has 1 aromatic carbocycles. The van der Waals surface area contributed by atoms with E-state index in [9.17, 15) is 4.79 Å². The zero-order valence-electron chi connectivity index (χ0n) is 15.4. The van der Waals surface area contributed by atoms with Crippen molar-refractivity contribution in [3.63, 3.8) is 0 Å². The van der Waals surface area contributed by atoms with Gasteiger partial charge in [0.15, 0.2) is 0 Å². The largest absolute Gasteiger partial charge is 0.378 e. The van der Waals surface area contributed by atoms with Crippen LogP contribution in [0.5, 0.6) is 0 Å². The molecule has 27 heavy (non-hydrogen) atoms. The van der Waals surface area contributed by atoms with Gasteiger partial charge in [-0.15, -0.1) is 12.4 Å². The van der Waals surface area contributed by atoms with Crippen LogP contribution in [0.25, 0.3) is 0 Å². The molecule has 144 valence electrons. The van der Waals surface area contributed by atoms with Crippen LogP contribution in [0.2, 0.25) is 0 Å². The lowest BCUT2D eigenvalue weighted by molar-refractivity contribution is -0.117. The van der Waals surface area contributed by atoms with E-state index in [1.54, 1.807) is 0 Å². The summed E-state index contributed by atoms with van der Waals surface area (Å²) in [6, 6.07) is 10.5. The maximum Gasteiger partial charge on any atom is 0.221 e. The number of nitrogens with two attached hydrogens (primary N) is 1. The second kappa shape index (κ2) is 8.72. The highest BCUT2D eigenvalue weighted by Crippen LogP contribution is 2.29. The topological polar surface area (TPSA) is 68.5 Å². The third-order valence-corrected chi connectivity index (χ3v) is 5.26. The molecular weight excluding hydrogens is 362 g/mol. The Hall–Kier alpha value is -2.11. The summed E-state index contributed by atoms with van der Waals surface area (Å²) in [5.74, 6) is 0.800. The Morgan fingerprint density at radius 1 is 1.11 bits per heavy atom. The van der Waals surface area contributed by atoms with Gasteiger partial charge in [-0.25, -0.2) is 4.98 Å². The Morgan fingerprint density at radius 2 is 1.81 bits per heavy atom. The van der Waals surface area contributed by atoms with Crippen molar-refractivity contribution in [3.8, 4) is 0 Å². The van der Waals surface area contributed by atoms with Crippen molar-refractivity contribution < 1.29 is 9.53 Å². The first-order valence-corrected chi connectivity index (χ1v) is 9.39. The minimum Gasteiger partial charge on any atom is -0.378 e. The van der Waals surface area contributed by atoms with Crippen LogP contribution < -0.4 is 10.6 Å². The number of benzene rings is 1. The number of rotatable bonds is 5. The Bertz CT molecular complexity index is 802. The SMILES string of the molecule is Cl.NC(=O)Cc1ccc(Cc2cc(N3CCOCC3)nc3c2CCC3)cc1. The number of pyridine rings is 1. The van der Waals surface area contributed by atoms with Gasteiger partial charge in [0.05, 0.1) is 19.6 Å². The van der Waals surface area contributed by atoms with Gasteiger partial charge in [-0.1, -0.05) is 24.3 Å². The van der Waals surface area contributed by atoms with Gasteiger partial charge < -0.3 is 15.4 Å². The number of primary amides is 1. The fraction of sp³-hybridized carbons (Fsp3) is 0.429. The van der Waals surface area contributed by atoms with Crippen LogP contribution >= 0.6 is 12.4 Å². The molecule has 2 N–H and O–H groups in total. The van der Waals surface area contributed by atoms with E-state index in [0.29, 0.717) is 6.42 Å². The summed E-state index contributed by atoms with van der Waals surface area (Å²) in [4.78, 5) is 18.3. The Balaban J connectivity index is 0.00000210. The maximum absolute atomic E-state index is 11.1. The monoisotopic (exact) mass is 387 g/mol. The summed E-state index contributed by atoms with van der Waals surface area (Å²) in [5, 5.41) is 0. The smallest absolute Gasteiger partial charge is 0.221 e. The Labute approximate surface area is 166 Å². The highest BCUT2D eigenvalue weighted by Gasteiger charge is 2.21. The molecule has 0 unspecified atom stereocenters. The summed E-state index contributed by atoms with van der Waals surface area (Å²) in [6.45, 7) is 3.37. The zero-order valence-corrected chi connectivity index (χ0v) is 16.3. The summed E-state index contributed by atoms with van der Waals surface area (Å²) >= 11 is 0. The first-order valence-electron chi connectivity index (χ1n) is 9.39. The first kappa shape index (κ1) is 19.6. The van der Waals surface area contributed by atoms with Crippen LogP contribution in [-0.4, -0.2) is 37.2 Å². The third kappa shape index (κ3) is 4.60. The molecule has 2 aromatic rings. The van der Waals surface area contributed by atoms with Gasteiger partial charge in [0, 0.05) is 18.8 Å². The van der Waals surface area contributed by atoms with Gasteiger partial charge in [0.25, 0.3) is 0 Å². The molecule has 1 aliphatic heterocycles. The number of carbonyl (C=O) groups is 1. The van der Waals surface area contributed by atoms with Crippen molar-refractivity contribution >= 4 is 24.1 Å². The third-order valence-electron chi connectivity index (χ3n) is 5.26. The van der Waals surface area contributed by atoms with E-state index in [2.05, 4.69) is 23.1 Å². The van der Waals surface area contributed by atoms with Gasteiger partial charge >= 0.3 is 0 Å². The number of hydrogen-bond donors (Lipinski definition) is 1. The molecule has 2 heterocycles. The normalized spacial score (nSPS) is 15.9. The molecule has 0 bridgehead atoms. The Kier molecular flexibility index (Phi) is 6.34. The minimum absolute atomic E-state index is 0. The number of nitrogens with zero attached hydrogens (tertiary/aromatic N) is 2. The van der Waals surface area contributed by atoms with Gasteiger partial charge in [0.1, 0.15) is 5.82 Å². The predicted molar refractivity (Wildman–Crippen MR) is 109 cm³/mol. The fourth-order valence-corrected chi connectivity index (χ4v) is 3.92. The zero-order chi connectivity index (χ0) is 17.9. The second-order valence-electron chi connectivity index (χ2n) is 7.15. The quantitative estimate of drug-likeness (QED) is 0.855. The molecule has 1 aliphatic carbocycles. The summed E-state index contributed by atoms with van der Waals surface area (Å²) < 4.78 is 5.48. The van der Waals surface area contributed by atoms with Crippen LogP contribution in [0.4, 0.5) is 5.82 Å². The molecule has 6 heteroatoms. The number of carbonyl (C=O) groups excluding carboxylic acids is 1. The molecular formula is C21H26ClN3O2. The molecule has 2 aliphatic rings. The second-order valence-corrected chi connectivity index (χ2v) is 7.15. The highest BCUT2D eigenvalue weighted by molar-refractivity contribution is 5.85. The van der Waals surface area contributed by atoms with Crippen LogP contribution in [-0.2, 0) is 35.2 Å². The van der Waals surface area contributed by atoms with Gasteiger partial charge in [-0.2, -0.15) is 0 Å². The highest BCUT2D eigenvalue weighted by atomic mass is 35.5. The lowest BCUT2D eigenvalue weighted by atomic mass is 9.98. The van der Waals surface area contributed by atoms with E-state index in [1.165, 1.54) is 28.8 Å². The minimum atomic E-state index is -0.292. The van der Waals surface area contributed by atoms with E-state index in [0.717, 1.165) is 56.9 Å². The average Bonchev–Trinajstić information content (AvgIpc) is 3.12. The van der Waals surface area contributed by atoms with Crippen LogP contribution in [0.3, 0.4) is 0 Å². The molecule has 1 fully saturated rings. The fourth-order valence-electron chi connectivity index (χ4n) is 3.92. The molecule has 0 atom stereocenters. The van der Waals surface area contributed by atoms with Crippen LogP contribution in [0.15, 0.2) is 30.3 Å². The lowest BCUT2D eigenvalue weighted by Gasteiger charge is -2.29. The number of hydrogen-bond acceptors (Lipinski definition) is 4. The average molecular weight is 388 g/mol. The van der Waals surface area contributed by atoms with Crippen molar-refractivity contribution in [2.24, 2.45) is 5.73 Å². The maximum atomic E-state index is 11.1. The standard InChI is InChI=1S/C21H25N3O2.ClH/c22-20(25)13-16-6-4-15(5-7-16)12-17-14-21(24-8-10-26-11-9-24)23-19-3-1-2-18(17)19;/h4-7,14H,1-3,8-13H2,(H2,22,25);1H. The van der Waals surface area contributed by atoms with Crippen molar-refractivity contribution in [1.82, 2.24) is 4.98 Å². The van der Waals surface area contributed by atoms with E-state index >= 15 is 0 Å². The molecule has 1 saturated heterocycles. The Morgan fingerprint density at radius 3 is 2.52 bits per heavy atom. The molecule has 0 spiro atoms. The summed E-state index contributed by atoms with van der Waals surface area (Å²) in [6.07, 6.45) is 4.60. The number of ether oxygens (including phenoxy) is 1. The number of aryl methyl sites for hydroxylation is 1. The first-order chi connectivity index (χ1) is 12.7. The molecule has 0 saturated carbocycles. The van der Waals surface area contributed by atoms with Crippen molar-refractivity contribution in [2.75, 3.05) is 31.2 Å². The number of aromatic nitrogens is 1. The van der Waals surface area contributed by atoms with Gasteiger partial charge in [-0.05, 0) is 54.0 Å². The number of amides is 1. The molecule has 1 aromatic heterocycles. The number of morpholine rings is 1. The summed E-state index contributed by atoms with van der Waals surface area (Å²) in [7, 11) is 0. The van der Waals surface area contributed by atoms with Crippen molar-refractivity contribution in [3.05, 3.63) is 58.3 Å². The van der Waals surface area contributed by atoms with E-state index < -0.39 is 0 Å². The molecule has 1 amide bonds. The van der Waals surface area contributed by atoms with E-state index in [4.69, 9.17) is 15.5 Å². The van der Waals surface area contributed by atoms with E-state index in [-0.39, 0.29) is 18.3 Å². The number of halogens is 1. The van der Waals surface area contributed by atoms with Crippen LogP contribution in [0, 0.1) is 0 Å². The predicted octanol–water partition coefficient (Wildman–Crippen LogP) is 2.45.